The molecule has 1 aromatic heterocycles. The molecular formula is C14H11ClN4O. The Morgan fingerprint density at radius 3 is 2.90 bits per heavy atom. The number of aromatic nitrogens is 1. The number of nitrogens with two attached hydrogens (primary N) is 1. The number of anilines is 1. The van der Waals surface area contributed by atoms with Crippen LogP contribution in [0.15, 0.2) is 36.5 Å². The number of nitriles is 1. The minimum Gasteiger partial charge on any atom is -0.325 e. The van der Waals surface area contributed by atoms with Crippen molar-refractivity contribution in [3.8, 4) is 6.07 Å². The van der Waals surface area contributed by atoms with Crippen molar-refractivity contribution in [3.05, 3.63) is 58.4 Å². The van der Waals surface area contributed by atoms with E-state index in [0.717, 1.165) is 0 Å². The van der Waals surface area contributed by atoms with Gasteiger partial charge in [-0.05, 0) is 30.3 Å². The quantitative estimate of drug-likeness (QED) is 0.905. The molecule has 2 rings (SSSR count). The fourth-order valence-electron chi connectivity index (χ4n) is 1.62. The van der Waals surface area contributed by atoms with E-state index >= 15 is 0 Å². The van der Waals surface area contributed by atoms with Crippen molar-refractivity contribution in [2.45, 2.75) is 6.54 Å². The van der Waals surface area contributed by atoms with E-state index in [2.05, 4.69) is 10.3 Å². The summed E-state index contributed by atoms with van der Waals surface area (Å²) in [6.45, 7) is 0.265. The summed E-state index contributed by atoms with van der Waals surface area (Å²) in [6, 6.07) is 9.88. The Balaban J connectivity index is 2.21. The van der Waals surface area contributed by atoms with Crippen LogP contribution in [0.1, 0.15) is 21.6 Å². The van der Waals surface area contributed by atoms with Gasteiger partial charge < -0.3 is 11.1 Å². The summed E-state index contributed by atoms with van der Waals surface area (Å²) < 4.78 is 0. The molecule has 100 valence electrons. The highest BCUT2D eigenvalue weighted by molar-refractivity contribution is 6.31. The second kappa shape index (κ2) is 6.15. The van der Waals surface area contributed by atoms with Crippen LogP contribution in [0.25, 0.3) is 0 Å². The minimum absolute atomic E-state index is 0.265. The summed E-state index contributed by atoms with van der Waals surface area (Å²) in [5, 5.41) is 11.9. The molecule has 1 amide bonds. The van der Waals surface area contributed by atoms with E-state index in [0.29, 0.717) is 27.5 Å². The third kappa shape index (κ3) is 3.12. The van der Waals surface area contributed by atoms with Gasteiger partial charge in [0, 0.05) is 24.0 Å². The van der Waals surface area contributed by atoms with Crippen molar-refractivity contribution < 1.29 is 4.79 Å². The van der Waals surface area contributed by atoms with Crippen molar-refractivity contribution in [2.24, 2.45) is 5.73 Å². The molecule has 1 aromatic carbocycles. The van der Waals surface area contributed by atoms with Crippen LogP contribution in [0.2, 0.25) is 5.02 Å². The second-order valence-electron chi connectivity index (χ2n) is 4.00. The summed E-state index contributed by atoms with van der Waals surface area (Å²) >= 11 is 5.83. The minimum atomic E-state index is -0.298. The molecule has 1 heterocycles. The van der Waals surface area contributed by atoms with E-state index in [1.807, 2.05) is 6.07 Å². The molecule has 5 nitrogen and oxygen atoms in total. The lowest BCUT2D eigenvalue weighted by Gasteiger charge is -2.07. The highest BCUT2D eigenvalue weighted by atomic mass is 35.5. The fraction of sp³-hybridized carbons (Fsp3) is 0.0714. The van der Waals surface area contributed by atoms with Gasteiger partial charge in [0.15, 0.2) is 0 Å². The molecule has 0 saturated heterocycles. The van der Waals surface area contributed by atoms with E-state index in [9.17, 15) is 4.79 Å². The number of carbonyl (C=O) groups excluding carboxylic acids is 1. The highest BCUT2D eigenvalue weighted by Crippen LogP contribution is 2.20. The molecule has 0 saturated carbocycles. The number of halogens is 1. The Morgan fingerprint density at radius 1 is 1.40 bits per heavy atom. The van der Waals surface area contributed by atoms with Gasteiger partial charge in [-0.15, -0.1) is 0 Å². The van der Waals surface area contributed by atoms with Gasteiger partial charge in [0.2, 0.25) is 0 Å². The van der Waals surface area contributed by atoms with Crippen molar-refractivity contribution in [3.63, 3.8) is 0 Å². The zero-order chi connectivity index (χ0) is 14.5. The predicted octanol–water partition coefficient (Wildman–Crippen LogP) is 2.32. The lowest BCUT2D eigenvalue weighted by molar-refractivity contribution is 0.102. The molecular weight excluding hydrogens is 276 g/mol. The molecule has 0 aliphatic heterocycles. The number of hydrogen-bond donors (Lipinski definition) is 2. The molecule has 2 aromatic rings. The van der Waals surface area contributed by atoms with Crippen LogP contribution in [-0.4, -0.2) is 10.9 Å². The van der Waals surface area contributed by atoms with Crippen LogP contribution in [0.4, 0.5) is 5.69 Å². The monoisotopic (exact) mass is 286 g/mol. The highest BCUT2D eigenvalue weighted by Gasteiger charge is 2.08. The van der Waals surface area contributed by atoms with Crippen LogP contribution in [0, 0.1) is 11.3 Å². The SMILES string of the molecule is N#Cc1cc(NC(=O)c2ccnc(CN)c2)ccc1Cl. The van der Waals surface area contributed by atoms with E-state index in [1.165, 1.54) is 12.3 Å². The van der Waals surface area contributed by atoms with E-state index in [4.69, 9.17) is 22.6 Å². The van der Waals surface area contributed by atoms with Gasteiger partial charge in [-0.1, -0.05) is 11.6 Å². The Morgan fingerprint density at radius 2 is 2.20 bits per heavy atom. The Labute approximate surface area is 121 Å². The van der Waals surface area contributed by atoms with E-state index in [1.54, 1.807) is 24.3 Å². The van der Waals surface area contributed by atoms with Gasteiger partial charge >= 0.3 is 0 Å². The zero-order valence-electron chi connectivity index (χ0n) is 10.4. The van der Waals surface area contributed by atoms with Crippen molar-refractivity contribution in [1.82, 2.24) is 4.98 Å². The summed E-state index contributed by atoms with van der Waals surface area (Å²) in [7, 11) is 0. The van der Waals surface area contributed by atoms with Crippen LogP contribution in [-0.2, 0) is 6.54 Å². The van der Waals surface area contributed by atoms with Gasteiger partial charge in [-0.25, -0.2) is 0 Å². The second-order valence-corrected chi connectivity index (χ2v) is 4.41. The maximum Gasteiger partial charge on any atom is 0.255 e. The normalized spacial score (nSPS) is 9.85. The number of hydrogen-bond acceptors (Lipinski definition) is 4. The van der Waals surface area contributed by atoms with E-state index < -0.39 is 0 Å². The standard InChI is InChI=1S/C14H11ClN4O/c15-13-2-1-11(6-10(13)7-16)19-14(20)9-3-4-18-12(5-9)8-17/h1-6H,8,17H2,(H,19,20). The van der Waals surface area contributed by atoms with Crippen molar-refractivity contribution in [1.29, 1.82) is 5.26 Å². The summed E-state index contributed by atoms with van der Waals surface area (Å²) in [5.41, 5.74) is 7.37. The number of nitrogens with one attached hydrogen (secondary N) is 1. The van der Waals surface area contributed by atoms with Gasteiger partial charge in [0.25, 0.3) is 5.91 Å². The fourth-order valence-corrected chi connectivity index (χ4v) is 1.78. The molecule has 0 bridgehead atoms. The molecule has 0 fully saturated rings. The van der Waals surface area contributed by atoms with Crippen molar-refractivity contribution >= 4 is 23.2 Å². The average molecular weight is 287 g/mol. The lowest BCUT2D eigenvalue weighted by Crippen LogP contribution is -2.13. The maximum atomic E-state index is 12.1. The number of nitrogens with zero attached hydrogens (tertiary/aromatic N) is 2. The number of carbonyl (C=O) groups is 1. The third-order valence-electron chi connectivity index (χ3n) is 2.63. The molecule has 3 N–H and O–H groups in total. The maximum absolute atomic E-state index is 12.1. The summed E-state index contributed by atoms with van der Waals surface area (Å²) in [6.07, 6.45) is 1.53. The Kier molecular flexibility index (Phi) is 4.31. The summed E-state index contributed by atoms with van der Waals surface area (Å²) in [5.74, 6) is -0.298. The van der Waals surface area contributed by atoms with Crippen LogP contribution >= 0.6 is 11.6 Å². The molecule has 0 spiro atoms. The van der Waals surface area contributed by atoms with Crippen LogP contribution in [0.5, 0.6) is 0 Å². The van der Waals surface area contributed by atoms with Gasteiger partial charge in [-0.2, -0.15) is 5.26 Å². The third-order valence-corrected chi connectivity index (χ3v) is 2.96. The molecule has 20 heavy (non-hydrogen) atoms. The Bertz CT molecular complexity index is 694. The first kappa shape index (κ1) is 14.0. The number of amides is 1. The topological polar surface area (TPSA) is 91.8 Å². The van der Waals surface area contributed by atoms with Gasteiger partial charge in [0.1, 0.15) is 6.07 Å². The molecule has 6 heteroatoms. The van der Waals surface area contributed by atoms with Crippen molar-refractivity contribution in [2.75, 3.05) is 5.32 Å². The van der Waals surface area contributed by atoms with Gasteiger partial charge in [0.05, 0.1) is 16.3 Å². The van der Waals surface area contributed by atoms with Gasteiger partial charge in [-0.3, -0.25) is 9.78 Å². The number of rotatable bonds is 3. The van der Waals surface area contributed by atoms with E-state index in [-0.39, 0.29) is 12.5 Å². The molecule has 0 aliphatic carbocycles. The first-order valence-corrected chi connectivity index (χ1v) is 6.18. The predicted molar refractivity (Wildman–Crippen MR) is 76.2 cm³/mol. The first-order valence-electron chi connectivity index (χ1n) is 5.80. The smallest absolute Gasteiger partial charge is 0.255 e. The molecule has 0 aliphatic rings. The number of pyridine rings is 1. The number of benzene rings is 1. The lowest BCUT2D eigenvalue weighted by atomic mass is 10.2. The first-order chi connectivity index (χ1) is 9.63. The zero-order valence-corrected chi connectivity index (χ0v) is 11.2. The van der Waals surface area contributed by atoms with Crippen LogP contribution < -0.4 is 11.1 Å². The molecule has 0 atom stereocenters. The molecule has 0 unspecified atom stereocenters. The molecule has 0 radical (unpaired) electrons. The Hall–Kier alpha value is -2.42. The average Bonchev–Trinajstić information content (AvgIpc) is 2.49. The summed E-state index contributed by atoms with van der Waals surface area (Å²) in [4.78, 5) is 16.1. The van der Waals surface area contributed by atoms with Crippen LogP contribution in [0.3, 0.4) is 0 Å². The largest absolute Gasteiger partial charge is 0.325 e.